The molecule has 2 N–H and O–H groups in total. The Balaban J connectivity index is 2.46. The summed E-state index contributed by atoms with van der Waals surface area (Å²) in [5.74, 6) is -0.226. The maximum absolute atomic E-state index is 12.9. The van der Waals surface area contributed by atoms with Crippen LogP contribution in [0.15, 0.2) is 24.3 Å². The molecule has 0 aliphatic heterocycles. The van der Waals surface area contributed by atoms with E-state index in [0.717, 1.165) is 18.4 Å². The van der Waals surface area contributed by atoms with Crippen molar-refractivity contribution in [3.8, 4) is 0 Å². The maximum Gasteiger partial charge on any atom is 0.217 e. The van der Waals surface area contributed by atoms with Crippen molar-refractivity contribution >= 4 is 5.91 Å². The van der Waals surface area contributed by atoms with E-state index in [-0.39, 0.29) is 17.6 Å². The van der Waals surface area contributed by atoms with E-state index in [1.54, 1.807) is 6.07 Å². The first-order chi connectivity index (χ1) is 7.09. The number of halogens is 1. The molecule has 82 valence electrons. The molecule has 1 rings (SSSR count). The molecular weight excluding hydrogens is 193 g/mol. The molecule has 0 aliphatic carbocycles. The molecule has 0 spiro atoms. The summed E-state index contributed by atoms with van der Waals surface area (Å²) in [6.07, 6.45) is 2.01. The van der Waals surface area contributed by atoms with Crippen LogP contribution in [-0.4, -0.2) is 5.91 Å². The van der Waals surface area contributed by atoms with Crippen molar-refractivity contribution in [2.75, 3.05) is 0 Å². The number of nitrogens with two attached hydrogens (primary N) is 1. The van der Waals surface area contributed by atoms with Crippen LogP contribution in [0.3, 0.4) is 0 Å². The number of hydrogen-bond donors (Lipinski definition) is 1. The van der Waals surface area contributed by atoms with Gasteiger partial charge in [0.25, 0.3) is 0 Å². The van der Waals surface area contributed by atoms with Crippen LogP contribution >= 0.6 is 0 Å². The maximum atomic E-state index is 12.9. The van der Waals surface area contributed by atoms with Gasteiger partial charge < -0.3 is 5.73 Å². The van der Waals surface area contributed by atoms with Crippen LogP contribution in [0.5, 0.6) is 0 Å². The minimum absolute atomic E-state index is 0.214. The zero-order valence-electron chi connectivity index (χ0n) is 8.87. The average molecular weight is 209 g/mol. The van der Waals surface area contributed by atoms with Gasteiger partial charge in [-0.1, -0.05) is 19.1 Å². The summed E-state index contributed by atoms with van der Waals surface area (Å²) in [6.45, 7) is 2.02. The second kappa shape index (κ2) is 5.49. The molecule has 1 aromatic carbocycles. The van der Waals surface area contributed by atoms with Gasteiger partial charge in [-0.05, 0) is 36.5 Å². The number of benzene rings is 1. The Labute approximate surface area is 89.3 Å². The largest absolute Gasteiger partial charge is 0.370 e. The van der Waals surface area contributed by atoms with Crippen molar-refractivity contribution in [2.45, 2.75) is 32.1 Å². The van der Waals surface area contributed by atoms with E-state index in [1.165, 1.54) is 12.1 Å². The third kappa shape index (κ3) is 4.11. The highest BCUT2D eigenvalue weighted by Crippen LogP contribution is 2.21. The van der Waals surface area contributed by atoms with Crippen LogP contribution in [0.1, 0.15) is 37.7 Å². The molecule has 0 aromatic heterocycles. The summed E-state index contributed by atoms with van der Waals surface area (Å²) in [6, 6.07) is 6.57. The van der Waals surface area contributed by atoms with E-state index in [0.29, 0.717) is 6.42 Å². The molecule has 0 fully saturated rings. The molecule has 0 aliphatic rings. The molecule has 0 saturated carbocycles. The van der Waals surface area contributed by atoms with E-state index in [4.69, 9.17) is 5.73 Å². The van der Waals surface area contributed by atoms with Crippen molar-refractivity contribution in [3.63, 3.8) is 0 Å². The van der Waals surface area contributed by atoms with Gasteiger partial charge in [0.2, 0.25) is 5.91 Å². The summed E-state index contributed by atoms with van der Waals surface area (Å²) in [5.41, 5.74) is 6.01. The lowest BCUT2D eigenvalue weighted by Crippen LogP contribution is -2.10. The summed E-state index contributed by atoms with van der Waals surface area (Å²) in [7, 11) is 0. The SMILES string of the molecule is CC(CCCC(N)=O)c1cccc(F)c1. The lowest BCUT2D eigenvalue weighted by Gasteiger charge is -2.10. The van der Waals surface area contributed by atoms with Gasteiger partial charge >= 0.3 is 0 Å². The zero-order valence-corrected chi connectivity index (χ0v) is 8.87. The highest BCUT2D eigenvalue weighted by Gasteiger charge is 2.06. The van der Waals surface area contributed by atoms with Gasteiger partial charge in [-0.2, -0.15) is 0 Å². The highest BCUT2D eigenvalue weighted by atomic mass is 19.1. The minimum Gasteiger partial charge on any atom is -0.370 e. The summed E-state index contributed by atoms with van der Waals surface area (Å²) in [5, 5.41) is 0. The monoisotopic (exact) mass is 209 g/mol. The Morgan fingerprint density at radius 3 is 2.87 bits per heavy atom. The standard InChI is InChI=1S/C12H16FNO/c1-9(4-2-7-12(14)15)10-5-3-6-11(13)8-10/h3,5-6,8-9H,2,4,7H2,1H3,(H2,14,15). The molecule has 1 atom stereocenters. The third-order valence-electron chi connectivity index (χ3n) is 2.48. The Morgan fingerprint density at radius 2 is 2.27 bits per heavy atom. The Hall–Kier alpha value is -1.38. The molecule has 1 aromatic rings. The smallest absolute Gasteiger partial charge is 0.217 e. The summed E-state index contributed by atoms with van der Waals surface area (Å²) < 4.78 is 12.9. The van der Waals surface area contributed by atoms with Gasteiger partial charge in [-0.25, -0.2) is 4.39 Å². The second-order valence-electron chi connectivity index (χ2n) is 3.81. The van der Waals surface area contributed by atoms with Gasteiger partial charge in [0.1, 0.15) is 5.82 Å². The van der Waals surface area contributed by atoms with Gasteiger partial charge in [-0.3, -0.25) is 4.79 Å². The normalized spacial score (nSPS) is 12.4. The summed E-state index contributed by atoms with van der Waals surface area (Å²) >= 11 is 0. The molecule has 3 heteroatoms. The topological polar surface area (TPSA) is 43.1 Å². The Morgan fingerprint density at radius 1 is 1.53 bits per heavy atom. The van der Waals surface area contributed by atoms with Crippen LogP contribution in [0, 0.1) is 5.82 Å². The van der Waals surface area contributed by atoms with Crippen molar-refractivity contribution in [3.05, 3.63) is 35.6 Å². The van der Waals surface area contributed by atoms with Gasteiger partial charge in [-0.15, -0.1) is 0 Å². The number of rotatable bonds is 5. The van der Waals surface area contributed by atoms with E-state index in [1.807, 2.05) is 13.0 Å². The van der Waals surface area contributed by atoms with Gasteiger partial charge in [0.15, 0.2) is 0 Å². The number of amides is 1. The first-order valence-corrected chi connectivity index (χ1v) is 5.13. The number of primary amides is 1. The fraction of sp³-hybridized carbons (Fsp3) is 0.417. The molecule has 1 unspecified atom stereocenters. The van der Waals surface area contributed by atoms with Gasteiger partial charge in [0.05, 0.1) is 0 Å². The fourth-order valence-electron chi connectivity index (χ4n) is 1.56. The molecule has 15 heavy (non-hydrogen) atoms. The predicted molar refractivity (Wildman–Crippen MR) is 57.9 cm³/mol. The van der Waals surface area contributed by atoms with Crippen LogP contribution in [0.25, 0.3) is 0 Å². The predicted octanol–water partition coefficient (Wildman–Crippen LogP) is 2.58. The number of carbonyl (C=O) groups excluding carboxylic acids is 1. The van der Waals surface area contributed by atoms with Crippen molar-refractivity contribution in [1.29, 1.82) is 0 Å². The number of hydrogen-bond acceptors (Lipinski definition) is 1. The molecular formula is C12H16FNO. The highest BCUT2D eigenvalue weighted by molar-refractivity contribution is 5.73. The molecule has 0 heterocycles. The average Bonchev–Trinajstić information content (AvgIpc) is 2.17. The lowest BCUT2D eigenvalue weighted by molar-refractivity contribution is -0.118. The fourth-order valence-corrected chi connectivity index (χ4v) is 1.56. The first kappa shape index (κ1) is 11.7. The quantitative estimate of drug-likeness (QED) is 0.795. The first-order valence-electron chi connectivity index (χ1n) is 5.13. The van der Waals surface area contributed by atoms with E-state index < -0.39 is 0 Å². The molecule has 0 bridgehead atoms. The van der Waals surface area contributed by atoms with E-state index >= 15 is 0 Å². The van der Waals surface area contributed by atoms with Crippen molar-refractivity contribution < 1.29 is 9.18 Å². The Bertz CT molecular complexity index is 338. The lowest BCUT2D eigenvalue weighted by atomic mass is 9.95. The zero-order chi connectivity index (χ0) is 11.3. The molecule has 2 nitrogen and oxygen atoms in total. The van der Waals surface area contributed by atoms with Crippen LogP contribution in [0.2, 0.25) is 0 Å². The second-order valence-corrected chi connectivity index (χ2v) is 3.81. The minimum atomic E-state index is -0.276. The van der Waals surface area contributed by atoms with Crippen LogP contribution in [-0.2, 0) is 4.79 Å². The Kier molecular flexibility index (Phi) is 4.28. The van der Waals surface area contributed by atoms with Crippen LogP contribution in [0.4, 0.5) is 4.39 Å². The molecule has 0 radical (unpaired) electrons. The number of carbonyl (C=O) groups is 1. The third-order valence-corrected chi connectivity index (χ3v) is 2.48. The van der Waals surface area contributed by atoms with Crippen molar-refractivity contribution in [1.82, 2.24) is 0 Å². The summed E-state index contributed by atoms with van der Waals surface area (Å²) in [4.78, 5) is 10.5. The van der Waals surface area contributed by atoms with Crippen molar-refractivity contribution in [2.24, 2.45) is 5.73 Å². The van der Waals surface area contributed by atoms with E-state index in [2.05, 4.69) is 0 Å². The van der Waals surface area contributed by atoms with E-state index in [9.17, 15) is 9.18 Å². The van der Waals surface area contributed by atoms with Gasteiger partial charge in [0, 0.05) is 6.42 Å². The van der Waals surface area contributed by atoms with Crippen LogP contribution < -0.4 is 5.73 Å². The molecule has 0 saturated heterocycles. The molecule has 1 amide bonds.